The monoisotopic (exact) mass is 314 g/mol. The van der Waals surface area contributed by atoms with Gasteiger partial charge >= 0.3 is 0 Å². The zero-order valence-electron chi connectivity index (χ0n) is 12.8. The Kier molecular flexibility index (Phi) is 4.32. The highest BCUT2D eigenvalue weighted by molar-refractivity contribution is 5.93. The van der Waals surface area contributed by atoms with Crippen molar-refractivity contribution >= 4 is 5.91 Å². The van der Waals surface area contributed by atoms with Crippen molar-refractivity contribution in [2.75, 3.05) is 20.2 Å². The molecular weight excluding hydrogens is 296 g/mol. The Morgan fingerprint density at radius 2 is 2.00 bits per heavy atom. The number of hydrogen-bond acceptors (Lipinski definition) is 4. The molecule has 23 heavy (non-hydrogen) atoms. The van der Waals surface area contributed by atoms with E-state index >= 15 is 0 Å². The van der Waals surface area contributed by atoms with Crippen LogP contribution in [0.5, 0.6) is 11.5 Å². The van der Waals surface area contributed by atoms with Crippen LogP contribution in [0.1, 0.15) is 16.8 Å². The number of likely N-dealkylation sites (tertiary alicyclic amines) is 1. The van der Waals surface area contributed by atoms with Crippen molar-refractivity contribution in [3.05, 3.63) is 59.6 Å². The largest absolute Gasteiger partial charge is 0.619 e. The van der Waals surface area contributed by atoms with Gasteiger partial charge < -0.3 is 19.6 Å². The van der Waals surface area contributed by atoms with Gasteiger partial charge in [0.1, 0.15) is 23.2 Å². The highest BCUT2D eigenvalue weighted by Crippen LogP contribution is 2.22. The molecule has 1 saturated heterocycles. The summed E-state index contributed by atoms with van der Waals surface area (Å²) in [6.07, 6.45) is 3.37. The van der Waals surface area contributed by atoms with Gasteiger partial charge in [0, 0.05) is 19.0 Å². The molecular formula is C17H18N2O4. The highest BCUT2D eigenvalue weighted by atomic mass is 16.5. The molecule has 0 unspecified atom stereocenters. The first kappa shape index (κ1) is 15.1. The highest BCUT2D eigenvalue weighted by Gasteiger charge is 2.29. The number of aromatic nitrogens is 1. The molecule has 6 heteroatoms. The van der Waals surface area contributed by atoms with Gasteiger partial charge in [0.25, 0.3) is 5.91 Å². The Labute approximate surface area is 134 Å². The summed E-state index contributed by atoms with van der Waals surface area (Å²) in [6.45, 7) is 1.13. The van der Waals surface area contributed by atoms with Gasteiger partial charge in [0.15, 0.2) is 12.4 Å². The van der Waals surface area contributed by atoms with E-state index in [9.17, 15) is 10.0 Å². The Bertz CT molecular complexity index is 687. The van der Waals surface area contributed by atoms with Crippen LogP contribution in [0.25, 0.3) is 0 Å². The number of ether oxygens (including phenoxy) is 2. The average Bonchev–Trinajstić information content (AvgIpc) is 3.03. The van der Waals surface area contributed by atoms with Gasteiger partial charge in [-0.2, -0.15) is 4.73 Å². The molecule has 2 heterocycles. The maximum absolute atomic E-state index is 12.4. The third-order valence-electron chi connectivity index (χ3n) is 3.82. The molecule has 0 saturated carbocycles. The predicted octanol–water partition coefficient (Wildman–Crippen LogP) is 1.62. The lowest BCUT2D eigenvalue weighted by atomic mass is 10.2. The van der Waals surface area contributed by atoms with Gasteiger partial charge in [-0.1, -0.05) is 0 Å². The second kappa shape index (κ2) is 6.56. The van der Waals surface area contributed by atoms with Crippen LogP contribution in [0, 0.1) is 5.21 Å². The van der Waals surface area contributed by atoms with Crippen molar-refractivity contribution in [1.82, 2.24) is 4.90 Å². The minimum absolute atomic E-state index is 0.0459. The normalized spacial score (nSPS) is 17.1. The molecule has 1 aromatic carbocycles. The second-order valence-electron chi connectivity index (χ2n) is 5.41. The van der Waals surface area contributed by atoms with Crippen LogP contribution in [-0.4, -0.2) is 37.1 Å². The minimum atomic E-state index is -0.143. The standard InChI is InChI=1S/C17H18N2O4/c1-22-14-4-6-15(7-5-14)23-16-8-10-18(12-16)17(20)13-3-2-9-19(21)11-13/h2-7,9,11,16H,8,10,12H2,1H3/t16-/m1/s1. The fourth-order valence-corrected chi connectivity index (χ4v) is 2.62. The number of nitrogens with zero attached hydrogens (tertiary/aromatic N) is 2. The summed E-state index contributed by atoms with van der Waals surface area (Å²) in [5.74, 6) is 1.38. The first-order chi connectivity index (χ1) is 11.2. The molecule has 1 aliphatic rings. The molecule has 0 radical (unpaired) electrons. The van der Waals surface area contributed by atoms with E-state index in [0.29, 0.717) is 23.4 Å². The predicted molar refractivity (Wildman–Crippen MR) is 83.3 cm³/mol. The summed E-state index contributed by atoms with van der Waals surface area (Å²) >= 11 is 0. The van der Waals surface area contributed by atoms with Gasteiger partial charge in [-0.05, 0) is 30.3 Å². The second-order valence-corrected chi connectivity index (χ2v) is 5.41. The summed E-state index contributed by atoms with van der Waals surface area (Å²) in [5.41, 5.74) is 0.396. The Hall–Kier alpha value is -2.76. The van der Waals surface area contributed by atoms with E-state index in [2.05, 4.69) is 0 Å². The number of methoxy groups -OCH3 is 1. The van der Waals surface area contributed by atoms with E-state index in [4.69, 9.17) is 9.47 Å². The fourth-order valence-electron chi connectivity index (χ4n) is 2.62. The number of carbonyl (C=O) groups is 1. The number of carbonyl (C=O) groups excluding carboxylic acids is 1. The first-order valence-corrected chi connectivity index (χ1v) is 7.44. The Morgan fingerprint density at radius 1 is 1.26 bits per heavy atom. The zero-order chi connectivity index (χ0) is 16.2. The fraction of sp³-hybridized carbons (Fsp3) is 0.294. The van der Waals surface area contributed by atoms with Crippen LogP contribution < -0.4 is 14.2 Å². The number of amides is 1. The molecule has 1 atom stereocenters. The summed E-state index contributed by atoms with van der Waals surface area (Å²) in [4.78, 5) is 14.1. The Morgan fingerprint density at radius 3 is 2.70 bits per heavy atom. The zero-order valence-corrected chi connectivity index (χ0v) is 12.8. The van der Waals surface area contributed by atoms with Crippen molar-refractivity contribution in [3.63, 3.8) is 0 Å². The third-order valence-corrected chi connectivity index (χ3v) is 3.82. The van der Waals surface area contributed by atoms with Crippen molar-refractivity contribution in [1.29, 1.82) is 0 Å². The Balaban J connectivity index is 1.60. The van der Waals surface area contributed by atoms with Crippen molar-refractivity contribution in [2.24, 2.45) is 0 Å². The molecule has 0 spiro atoms. The molecule has 0 N–H and O–H groups in total. The molecule has 120 valence electrons. The molecule has 1 amide bonds. The van der Waals surface area contributed by atoms with E-state index in [-0.39, 0.29) is 12.0 Å². The van der Waals surface area contributed by atoms with Crippen molar-refractivity contribution in [2.45, 2.75) is 12.5 Å². The van der Waals surface area contributed by atoms with Crippen molar-refractivity contribution < 1.29 is 19.0 Å². The van der Waals surface area contributed by atoms with Crippen LogP contribution in [-0.2, 0) is 0 Å². The summed E-state index contributed by atoms with van der Waals surface area (Å²) in [6, 6.07) is 10.6. The third kappa shape index (κ3) is 3.53. The lowest BCUT2D eigenvalue weighted by molar-refractivity contribution is -0.605. The molecule has 1 fully saturated rings. The van der Waals surface area contributed by atoms with Crippen LogP contribution >= 0.6 is 0 Å². The van der Waals surface area contributed by atoms with E-state index < -0.39 is 0 Å². The number of rotatable bonds is 4. The van der Waals surface area contributed by atoms with E-state index in [1.54, 1.807) is 24.1 Å². The van der Waals surface area contributed by atoms with Gasteiger partial charge in [-0.25, -0.2) is 0 Å². The van der Waals surface area contributed by atoms with Crippen LogP contribution in [0.4, 0.5) is 0 Å². The molecule has 2 aromatic rings. The molecule has 1 aliphatic heterocycles. The molecule has 6 nitrogen and oxygen atoms in total. The molecule has 1 aromatic heterocycles. The quantitative estimate of drug-likeness (QED) is 0.635. The van der Waals surface area contributed by atoms with Crippen LogP contribution in [0.2, 0.25) is 0 Å². The summed E-state index contributed by atoms with van der Waals surface area (Å²) < 4.78 is 11.6. The topological polar surface area (TPSA) is 65.7 Å². The van der Waals surface area contributed by atoms with E-state index in [1.807, 2.05) is 24.3 Å². The lowest BCUT2D eigenvalue weighted by Gasteiger charge is -2.17. The number of hydrogen-bond donors (Lipinski definition) is 0. The molecule has 0 bridgehead atoms. The van der Waals surface area contributed by atoms with Gasteiger partial charge in [-0.15, -0.1) is 0 Å². The summed E-state index contributed by atoms with van der Waals surface area (Å²) in [7, 11) is 1.62. The number of benzene rings is 1. The number of pyridine rings is 1. The summed E-state index contributed by atoms with van der Waals surface area (Å²) in [5, 5.41) is 11.3. The smallest absolute Gasteiger partial charge is 0.260 e. The molecule has 3 rings (SSSR count). The average molecular weight is 314 g/mol. The lowest BCUT2D eigenvalue weighted by Crippen LogP contribution is -2.33. The van der Waals surface area contributed by atoms with Crippen LogP contribution in [0.3, 0.4) is 0 Å². The van der Waals surface area contributed by atoms with Crippen molar-refractivity contribution in [3.8, 4) is 11.5 Å². The van der Waals surface area contributed by atoms with E-state index in [0.717, 1.165) is 17.9 Å². The van der Waals surface area contributed by atoms with Gasteiger partial charge in [-0.3, -0.25) is 4.79 Å². The van der Waals surface area contributed by atoms with Gasteiger partial charge in [0.2, 0.25) is 0 Å². The molecule has 0 aliphatic carbocycles. The maximum atomic E-state index is 12.4. The maximum Gasteiger partial charge on any atom is 0.260 e. The van der Waals surface area contributed by atoms with Crippen LogP contribution in [0.15, 0.2) is 48.8 Å². The SMILES string of the molecule is COc1ccc(O[C@@H]2CCN(C(=O)c3ccc[n+]([O-])c3)C2)cc1. The van der Waals surface area contributed by atoms with Gasteiger partial charge in [0.05, 0.1) is 13.7 Å². The first-order valence-electron chi connectivity index (χ1n) is 7.44. The van der Waals surface area contributed by atoms with E-state index in [1.165, 1.54) is 12.4 Å². The minimum Gasteiger partial charge on any atom is -0.619 e.